The molecule has 0 saturated carbocycles. The van der Waals surface area contributed by atoms with E-state index in [0.29, 0.717) is 12.0 Å². The summed E-state index contributed by atoms with van der Waals surface area (Å²) in [5.41, 5.74) is 1.12. The van der Waals surface area contributed by atoms with Crippen LogP contribution in [0.4, 0.5) is 0 Å². The SMILES string of the molecule is C=CCCCCCC[C@H](NC(=O)c1ccc(CP(=O)(OC)OC)cc1)C(=O)OC. The molecule has 1 atom stereocenters. The van der Waals surface area contributed by atoms with E-state index in [9.17, 15) is 14.2 Å². The molecule has 0 radical (unpaired) electrons. The lowest BCUT2D eigenvalue weighted by Crippen LogP contribution is -2.41. The Morgan fingerprint density at radius 3 is 2.24 bits per heavy atom. The fourth-order valence-electron chi connectivity index (χ4n) is 2.81. The molecule has 0 aliphatic rings. The van der Waals surface area contributed by atoms with Gasteiger partial charge in [-0.05, 0) is 37.0 Å². The first-order valence-electron chi connectivity index (χ1n) is 9.68. The highest BCUT2D eigenvalue weighted by atomic mass is 31.2. The maximum Gasteiger partial charge on any atom is 0.334 e. The van der Waals surface area contributed by atoms with E-state index >= 15 is 0 Å². The third kappa shape index (κ3) is 8.94. The number of allylic oxidation sites excluding steroid dienone is 1. The lowest BCUT2D eigenvalue weighted by molar-refractivity contribution is -0.143. The van der Waals surface area contributed by atoms with Gasteiger partial charge in [-0.25, -0.2) is 4.79 Å². The van der Waals surface area contributed by atoms with Crippen molar-refractivity contribution in [2.75, 3.05) is 21.3 Å². The number of methoxy groups -OCH3 is 1. The van der Waals surface area contributed by atoms with Crippen LogP contribution >= 0.6 is 7.60 Å². The number of nitrogens with one attached hydrogen (secondary N) is 1. The second-order valence-corrected chi connectivity index (χ2v) is 8.93. The zero-order valence-electron chi connectivity index (χ0n) is 17.5. The van der Waals surface area contributed by atoms with Gasteiger partial charge in [0, 0.05) is 19.8 Å². The van der Waals surface area contributed by atoms with E-state index < -0.39 is 19.6 Å². The Balaban J connectivity index is 2.65. The zero-order valence-corrected chi connectivity index (χ0v) is 18.4. The van der Waals surface area contributed by atoms with Crippen LogP contribution in [0.15, 0.2) is 36.9 Å². The summed E-state index contributed by atoms with van der Waals surface area (Å²) in [7, 11) is 0.801. The van der Waals surface area contributed by atoms with Crippen LogP contribution < -0.4 is 5.32 Å². The zero-order chi connectivity index (χ0) is 21.7. The molecule has 8 heteroatoms. The van der Waals surface area contributed by atoms with E-state index in [4.69, 9.17) is 13.8 Å². The molecule has 1 aromatic carbocycles. The molecule has 0 aliphatic heterocycles. The Kier molecular flexibility index (Phi) is 11.5. The molecule has 7 nitrogen and oxygen atoms in total. The summed E-state index contributed by atoms with van der Waals surface area (Å²) < 4.78 is 26.9. The van der Waals surface area contributed by atoms with Crippen molar-refractivity contribution >= 4 is 19.5 Å². The number of esters is 1. The Labute approximate surface area is 173 Å². The quantitative estimate of drug-likeness (QED) is 0.205. The van der Waals surface area contributed by atoms with Gasteiger partial charge in [0.2, 0.25) is 0 Å². The summed E-state index contributed by atoms with van der Waals surface area (Å²) >= 11 is 0. The van der Waals surface area contributed by atoms with Crippen LogP contribution in [-0.4, -0.2) is 39.2 Å². The molecule has 0 unspecified atom stereocenters. The fourth-order valence-corrected chi connectivity index (χ4v) is 3.88. The van der Waals surface area contributed by atoms with Crippen molar-refractivity contribution in [3.63, 3.8) is 0 Å². The van der Waals surface area contributed by atoms with E-state index in [0.717, 1.165) is 37.7 Å². The van der Waals surface area contributed by atoms with Crippen molar-refractivity contribution in [3.8, 4) is 0 Å². The van der Waals surface area contributed by atoms with Crippen molar-refractivity contribution in [1.29, 1.82) is 0 Å². The van der Waals surface area contributed by atoms with Crippen LogP contribution in [0.2, 0.25) is 0 Å². The first-order valence-corrected chi connectivity index (χ1v) is 11.4. The van der Waals surface area contributed by atoms with Crippen LogP contribution in [0.5, 0.6) is 0 Å². The van der Waals surface area contributed by atoms with Crippen molar-refractivity contribution in [2.24, 2.45) is 0 Å². The molecular formula is C21H32NO6P. The fraction of sp³-hybridized carbons (Fsp3) is 0.524. The summed E-state index contributed by atoms with van der Waals surface area (Å²) in [4.78, 5) is 24.5. The molecule has 0 saturated heterocycles. The molecule has 0 aromatic heterocycles. The third-order valence-corrected chi connectivity index (χ3v) is 6.46. The molecule has 0 fully saturated rings. The number of amides is 1. The standard InChI is InChI=1S/C21H32NO6P/c1-5-6-7-8-9-10-11-19(21(24)26-2)22-20(23)18-14-12-17(13-15-18)16-29(25,27-3)28-4/h5,12-15,19H,1,6-11,16H2,2-4H3,(H,22,23)/t19-/m0/s1. The largest absolute Gasteiger partial charge is 0.467 e. The van der Waals surface area contributed by atoms with Crippen LogP contribution in [0.25, 0.3) is 0 Å². The van der Waals surface area contributed by atoms with E-state index in [1.807, 2.05) is 6.08 Å². The molecule has 1 rings (SSSR count). The summed E-state index contributed by atoms with van der Waals surface area (Å²) in [6.45, 7) is 3.70. The molecular weight excluding hydrogens is 393 g/mol. The normalized spacial score (nSPS) is 12.2. The molecule has 0 aliphatic carbocycles. The molecule has 0 spiro atoms. The van der Waals surface area contributed by atoms with E-state index in [1.54, 1.807) is 24.3 Å². The smallest absolute Gasteiger partial charge is 0.334 e. The lowest BCUT2D eigenvalue weighted by atomic mass is 10.1. The van der Waals surface area contributed by atoms with Crippen LogP contribution in [-0.2, 0) is 29.3 Å². The molecule has 162 valence electrons. The minimum absolute atomic E-state index is 0.110. The van der Waals surface area contributed by atoms with Crippen LogP contribution in [0.1, 0.15) is 54.4 Å². The van der Waals surface area contributed by atoms with E-state index in [1.165, 1.54) is 21.3 Å². The summed E-state index contributed by atoms with van der Waals surface area (Å²) in [6, 6.07) is 5.92. The number of ether oxygens (including phenoxy) is 1. The number of unbranched alkanes of at least 4 members (excludes halogenated alkanes) is 4. The van der Waals surface area contributed by atoms with Crippen LogP contribution in [0.3, 0.4) is 0 Å². The Morgan fingerprint density at radius 1 is 1.07 bits per heavy atom. The topological polar surface area (TPSA) is 90.9 Å². The molecule has 0 heterocycles. The number of hydrogen-bond acceptors (Lipinski definition) is 6. The van der Waals surface area contributed by atoms with Gasteiger partial charge in [-0.3, -0.25) is 9.36 Å². The van der Waals surface area contributed by atoms with Gasteiger partial charge in [-0.15, -0.1) is 6.58 Å². The van der Waals surface area contributed by atoms with Gasteiger partial charge < -0.3 is 19.1 Å². The first kappa shape index (κ1) is 25.1. The van der Waals surface area contributed by atoms with Crippen molar-refractivity contribution in [2.45, 2.75) is 50.7 Å². The molecule has 1 aromatic rings. The Hall–Kier alpha value is -1.95. The number of carbonyl (C=O) groups excluding carboxylic acids is 2. The lowest BCUT2D eigenvalue weighted by Gasteiger charge is -2.17. The van der Waals surface area contributed by atoms with Gasteiger partial charge in [0.25, 0.3) is 5.91 Å². The van der Waals surface area contributed by atoms with Gasteiger partial charge in [-0.1, -0.05) is 37.5 Å². The average Bonchev–Trinajstić information content (AvgIpc) is 2.74. The van der Waals surface area contributed by atoms with E-state index in [-0.39, 0.29) is 12.1 Å². The summed E-state index contributed by atoms with van der Waals surface area (Å²) in [6.07, 6.45) is 7.44. The third-order valence-electron chi connectivity index (χ3n) is 4.59. The monoisotopic (exact) mass is 425 g/mol. The van der Waals surface area contributed by atoms with Crippen molar-refractivity contribution in [3.05, 3.63) is 48.0 Å². The Bertz CT molecular complexity index is 696. The first-order chi connectivity index (χ1) is 13.9. The number of benzene rings is 1. The van der Waals surface area contributed by atoms with Crippen LogP contribution in [0, 0.1) is 0 Å². The number of hydrogen-bond donors (Lipinski definition) is 1. The minimum atomic E-state index is -3.17. The van der Waals surface area contributed by atoms with Gasteiger partial charge in [-0.2, -0.15) is 0 Å². The predicted octanol–water partition coefficient (Wildman–Crippen LogP) is 4.47. The molecule has 0 bridgehead atoms. The van der Waals surface area contributed by atoms with Gasteiger partial charge in [0.1, 0.15) is 6.04 Å². The Morgan fingerprint density at radius 2 is 1.69 bits per heavy atom. The number of carbonyl (C=O) groups is 2. The van der Waals surface area contributed by atoms with Crippen molar-refractivity contribution < 1.29 is 27.9 Å². The second-order valence-electron chi connectivity index (χ2n) is 6.66. The highest BCUT2D eigenvalue weighted by Crippen LogP contribution is 2.49. The van der Waals surface area contributed by atoms with Crippen molar-refractivity contribution in [1.82, 2.24) is 5.32 Å². The maximum absolute atomic E-state index is 12.5. The van der Waals surface area contributed by atoms with Gasteiger partial charge >= 0.3 is 13.6 Å². The average molecular weight is 425 g/mol. The van der Waals surface area contributed by atoms with E-state index in [2.05, 4.69) is 11.9 Å². The van der Waals surface area contributed by atoms with Gasteiger partial charge in [0.05, 0.1) is 13.3 Å². The molecule has 1 amide bonds. The summed E-state index contributed by atoms with van der Waals surface area (Å²) in [5, 5.41) is 2.74. The minimum Gasteiger partial charge on any atom is -0.467 e. The summed E-state index contributed by atoms with van der Waals surface area (Å²) in [5.74, 6) is -0.817. The highest BCUT2D eigenvalue weighted by Gasteiger charge is 2.23. The number of rotatable bonds is 14. The highest BCUT2D eigenvalue weighted by molar-refractivity contribution is 7.52. The molecule has 1 N–H and O–H groups in total. The maximum atomic E-state index is 12.5. The van der Waals surface area contributed by atoms with Gasteiger partial charge in [0.15, 0.2) is 0 Å². The molecule has 29 heavy (non-hydrogen) atoms. The predicted molar refractivity (Wildman–Crippen MR) is 113 cm³/mol. The second kappa shape index (κ2) is 13.3.